The van der Waals surface area contributed by atoms with Crippen LogP contribution in [0.4, 0.5) is 0 Å². The molecule has 6 heteroatoms. The maximum absolute atomic E-state index is 13.4. The summed E-state index contributed by atoms with van der Waals surface area (Å²) >= 11 is 0. The van der Waals surface area contributed by atoms with Crippen molar-refractivity contribution in [2.24, 2.45) is 0 Å². The van der Waals surface area contributed by atoms with E-state index in [1.165, 1.54) is 5.57 Å². The van der Waals surface area contributed by atoms with Crippen LogP contribution in [0, 0.1) is 0 Å². The fourth-order valence-electron chi connectivity index (χ4n) is 4.35. The van der Waals surface area contributed by atoms with Crippen molar-refractivity contribution in [3.05, 3.63) is 52.9 Å². The van der Waals surface area contributed by atoms with E-state index in [-0.39, 0.29) is 18.1 Å². The molecule has 0 N–H and O–H groups in total. The van der Waals surface area contributed by atoms with Gasteiger partial charge in [-0.3, -0.25) is 9.48 Å². The number of methoxy groups -OCH3 is 1. The highest BCUT2D eigenvalue weighted by Gasteiger charge is 2.33. The van der Waals surface area contributed by atoms with Crippen molar-refractivity contribution in [2.45, 2.75) is 52.4 Å². The molecule has 0 radical (unpaired) electrons. The lowest BCUT2D eigenvalue weighted by Crippen LogP contribution is -2.37. The van der Waals surface area contributed by atoms with Crippen molar-refractivity contribution in [1.29, 1.82) is 0 Å². The lowest BCUT2D eigenvalue weighted by Gasteiger charge is -2.28. The molecule has 154 valence electrons. The summed E-state index contributed by atoms with van der Waals surface area (Å²) in [6.45, 7) is 8.08. The zero-order valence-electron chi connectivity index (χ0n) is 17.6. The first kappa shape index (κ1) is 19.7. The molecule has 3 heterocycles. The standard InChI is InChI=1S/C23H29N3O3/c1-5-26-22(20-13-15(2)29-16(3)21(20)24-26)23(27)25-11-9-17(10-12-25)18-7-6-8-19(14-18)28-4/h6-9,14-16H,5,10-13H2,1-4H3/t15-,16+/m0/s1. The van der Waals surface area contributed by atoms with Crippen LogP contribution in [0.2, 0.25) is 0 Å². The maximum atomic E-state index is 13.4. The Morgan fingerprint density at radius 2 is 2.17 bits per heavy atom. The SMILES string of the molecule is CCn1nc2c(c1C(=O)N1CC=C(c3cccc(OC)c3)CC1)C[C@H](C)O[C@@H]2C. The molecule has 2 atom stereocenters. The summed E-state index contributed by atoms with van der Waals surface area (Å²) in [6, 6.07) is 8.10. The molecule has 2 aliphatic heterocycles. The number of carbonyl (C=O) groups is 1. The number of hydrogen-bond donors (Lipinski definition) is 0. The molecular weight excluding hydrogens is 366 g/mol. The predicted octanol–water partition coefficient (Wildman–Crippen LogP) is 3.86. The minimum atomic E-state index is -0.0750. The molecule has 1 aromatic heterocycles. The van der Waals surface area contributed by atoms with Crippen LogP contribution in [0.1, 0.15) is 60.6 Å². The van der Waals surface area contributed by atoms with Gasteiger partial charge < -0.3 is 14.4 Å². The Labute approximate surface area is 172 Å². The number of benzene rings is 1. The Kier molecular flexibility index (Phi) is 5.46. The van der Waals surface area contributed by atoms with Crippen molar-refractivity contribution >= 4 is 11.5 Å². The molecule has 0 saturated carbocycles. The number of hydrogen-bond acceptors (Lipinski definition) is 4. The smallest absolute Gasteiger partial charge is 0.272 e. The number of nitrogens with zero attached hydrogens (tertiary/aromatic N) is 3. The summed E-state index contributed by atoms with van der Waals surface area (Å²) in [6.07, 6.45) is 3.74. The molecule has 0 unspecified atom stereocenters. The van der Waals surface area contributed by atoms with Crippen molar-refractivity contribution in [3.63, 3.8) is 0 Å². The van der Waals surface area contributed by atoms with Gasteiger partial charge in [0.2, 0.25) is 0 Å². The van der Waals surface area contributed by atoms with E-state index in [1.807, 2.05) is 35.6 Å². The largest absolute Gasteiger partial charge is 0.497 e. The van der Waals surface area contributed by atoms with Crippen LogP contribution in [-0.2, 0) is 17.7 Å². The summed E-state index contributed by atoms with van der Waals surface area (Å²) in [5.74, 6) is 0.925. The fourth-order valence-corrected chi connectivity index (χ4v) is 4.35. The highest BCUT2D eigenvalue weighted by molar-refractivity contribution is 5.95. The van der Waals surface area contributed by atoms with E-state index in [1.54, 1.807) is 7.11 Å². The highest BCUT2D eigenvalue weighted by Crippen LogP contribution is 2.33. The molecule has 1 aromatic carbocycles. The maximum Gasteiger partial charge on any atom is 0.272 e. The zero-order valence-corrected chi connectivity index (χ0v) is 17.6. The molecule has 29 heavy (non-hydrogen) atoms. The quantitative estimate of drug-likeness (QED) is 0.789. The number of fused-ring (bicyclic) bond motifs is 1. The number of aryl methyl sites for hydroxylation is 1. The Balaban J connectivity index is 1.58. The van der Waals surface area contributed by atoms with Gasteiger partial charge in [-0.2, -0.15) is 5.10 Å². The summed E-state index contributed by atoms with van der Waals surface area (Å²) in [5, 5.41) is 4.70. The van der Waals surface area contributed by atoms with Crippen LogP contribution in [0.5, 0.6) is 5.75 Å². The Morgan fingerprint density at radius 3 is 2.86 bits per heavy atom. The van der Waals surface area contributed by atoms with E-state index < -0.39 is 0 Å². The summed E-state index contributed by atoms with van der Waals surface area (Å²) in [7, 11) is 1.68. The minimum Gasteiger partial charge on any atom is -0.497 e. The minimum absolute atomic E-state index is 0.0721. The normalized spacial score (nSPS) is 21.5. The fraction of sp³-hybridized carbons (Fsp3) is 0.478. The van der Waals surface area contributed by atoms with Crippen LogP contribution >= 0.6 is 0 Å². The van der Waals surface area contributed by atoms with Crippen molar-refractivity contribution in [3.8, 4) is 5.75 Å². The molecule has 0 aliphatic carbocycles. The number of aromatic nitrogens is 2. The van der Waals surface area contributed by atoms with Gasteiger partial charge >= 0.3 is 0 Å². The number of amides is 1. The molecular formula is C23H29N3O3. The van der Waals surface area contributed by atoms with Gasteiger partial charge in [-0.05, 0) is 50.5 Å². The van der Waals surface area contributed by atoms with Crippen LogP contribution in [-0.4, -0.2) is 46.9 Å². The average molecular weight is 396 g/mol. The van der Waals surface area contributed by atoms with Crippen LogP contribution in [0.15, 0.2) is 30.3 Å². The predicted molar refractivity (Wildman–Crippen MR) is 112 cm³/mol. The van der Waals surface area contributed by atoms with E-state index in [0.717, 1.165) is 41.1 Å². The van der Waals surface area contributed by atoms with Gasteiger partial charge in [0.05, 0.1) is 25.0 Å². The topological polar surface area (TPSA) is 56.6 Å². The molecule has 0 spiro atoms. The van der Waals surface area contributed by atoms with Crippen LogP contribution in [0.3, 0.4) is 0 Å². The van der Waals surface area contributed by atoms with Gasteiger partial charge in [0.1, 0.15) is 11.4 Å². The summed E-state index contributed by atoms with van der Waals surface area (Å²) in [5.41, 5.74) is 5.13. The van der Waals surface area contributed by atoms with E-state index in [0.29, 0.717) is 19.6 Å². The van der Waals surface area contributed by atoms with Gasteiger partial charge in [0.25, 0.3) is 5.91 Å². The first-order chi connectivity index (χ1) is 14.0. The molecule has 1 amide bonds. The van der Waals surface area contributed by atoms with E-state index in [2.05, 4.69) is 25.1 Å². The van der Waals surface area contributed by atoms with E-state index >= 15 is 0 Å². The summed E-state index contributed by atoms with van der Waals surface area (Å²) in [4.78, 5) is 15.4. The van der Waals surface area contributed by atoms with Gasteiger partial charge in [0, 0.05) is 31.6 Å². The Morgan fingerprint density at radius 1 is 1.34 bits per heavy atom. The third-order valence-corrected chi connectivity index (χ3v) is 5.83. The van der Waals surface area contributed by atoms with Crippen LogP contribution in [0.25, 0.3) is 5.57 Å². The van der Waals surface area contributed by atoms with Crippen LogP contribution < -0.4 is 4.74 Å². The van der Waals surface area contributed by atoms with Gasteiger partial charge in [0.15, 0.2) is 0 Å². The molecule has 0 fully saturated rings. The lowest BCUT2D eigenvalue weighted by atomic mass is 9.97. The zero-order chi connectivity index (χ0) is 20.5. The molecule has 6 nitrogen and oxygen atoms in total. The second-order valence-electron chi connectivity index (χ2n) is 7.78. The summed E-state index contributed by atoms with van der Waals surface area (Å²) < 4.78 is 13.1. The van der Waals surface area contributed by atoms with Crippen molar-refractivity contribution in [1.82, 2.24) is 14.7 Å². The van der Waals surface area contributed by atoms with E-state index in [9.17, 15) is 4.79 Å². The molecule has 2 aliphatic rings. The number of rotatable bonds is 4. The van der Waals surface area contributed by atoms with Gasteiger partial charge in [-0.1, -0.05) is 18.2 Å². The van der Waals surface area contributed by atoms with Crippen molar-refractivity contribution < 1.29 is 14.3 Å². The van der Waals surface area contributed by atoms with E-state index in [4.69, 9.17) is 14.6 Å². The lowest BCUT2D eigenvalue weighted by molar-refractivity contribution is -0.00716. The molecule has 2 aromatic rings. The molecule has 4 rings (SSSR count). The molecule has 0 saturated heterocycles. The Bertz CT molecular complexity index is 947. The average Bonchev–Trinajstić information content (AvgIpc) is 3.12. The third-order valence-electron chi connectivity index (χ3n) is 5.83. The second kappa shape index (κ2) is 8.03. The number of ether oxygens (including phenoxy) is 2. The molecule has 0 bridgehead atoms. The second-order valence-corrected chi connectivity index (χ2v) is 7.78. The number of carbonyl (C=O) groups excluding carboxylic acids is 1. The monoisotopic (exact) mass is 395 g/mol. The highest BCUT2D eigenvalue weighted by atomic mass is 16.5. The Hall–Kier alpha value is -2.60. The third kappa shape index (κ3) is 3.69. The van der Waals surface area contributed by atoms with Gasteiger partial charge in [-0.25, -0.2) is 0 Å². The van der Waals surface area contributed by atoms with Gasteiger partial charge in [-0.15, -0.1) is 0 Å². The first-order valence-corrected chi connectivity index (χ1v) is 10.4. The first-order valence-electron chi connectivity index (χ1n) is 10.4. The van der Waals surface area contributed by atoms with Crippen molar-refractivity contribution in [2.75, 3.05) is 20.2 Å².